The summed E-state index contributed by atoms with van der Waals surface area (Å²) in [5.41, 5.74) is 0.803. The van der Waals surface area contributed by atoms with Gasteiger partial charge in [-0.05, 0) is 45.9 Å². The van der Waals surface area contributed by atoms with Crippen LogP contribution in [0.15, 0.2) is 18.2 Å². The van der Waals surface area contributed by atoms with Crippen LogP contribution in [0.4, 0.5) is 0 Å². The number of phenols is 1. The van der Waals surface area contributed by atoms with E-state index in [4.69, 9.17) is 9.47 Å². The Morgan fingerprint density at radius 3 is 2.58 bits per heavy atom. The molecule has 2 rings (SSSR count). The molecule has 0 saturated heterocycles. The number of ether oxygens (including phenoxy) is 2. The zero-order valence-corrected chi connectivity index (χ0v) is 16.1. The van der Waals surface area contributed by atoms with Gasteiger partial charge in [0.2, 0.25) is 0 Å². The van der Waals surface area contributed by atoms with E-state index in [0.717, 1.165) is 11.3 Å². The first-order valence-corrected chi connectivity index (χ1v) is 8.71. The minimum atomic E-state index is -0.615. The van der Waals surface area contributed by atoms with Gasteiger partial charge in [0.05, 0.1) is 18.4 Å². The van der Waals surface area contributed by atoms with Crippen LogP contribution < -0.4 is 4.74 Å². The highest BCUT2D eigenvalue weighted by Crippen LogP contribution is 2.30. The minimum Gasteiger partial charge on any atom is -0.508 e. The third-order valence-corrected chi connectivity index (χ3v) is 4.47. The number of nitrogens with zero attached hydrogens (tertiary/aromatic N) is 1. The fraction of sp³-hybridized carbons (Fsp3) is 0.316. The van der Waals surface area contributed by atoms with E-state index >= 15 is 0 Å². The van der Waals surface area contributed by atoms with Gasteiger partial charge in [0.1, 0.15) is 27.0 Å². The molecule has 7 heteroatoms. The zero-order valence-electron chi connectivity index (χ0n) is 15.3. The lowest BCUT2D eigenvalue weighted by atomic mass is 10.1. The number of aryl methyl sites for hydroxylation is 1. The third-order valence-electron chi connectivity index (χ3n) is 3.28. The van der Waals surface area contributed by atoms with Crippen LogP contribution in [0.25, 0.3) is 11.6 Å². The van der Waals surface area contributed by atoms with E-state index in [1.165, 1.54) is 19.2 Å². The van der Waals surface area contributed by atoms with Gasteiger partial charge in [-0.2, -0.15) is 0 Å². The number of allylic oxidation sites excluding steroid dienone is 1. The summed E-state index contributed by atoms with van der Waals surface area (Å²) in [4.78, 5) is 28.6. The first kappa shape index (κ1) is 19.7. The van der Waals surface area contributed by atoms with Gasteiger partial charge in [0.25, 0.3) is 0 Å². The number of methoxy groups -OCH3 is 1. The number of thiazole rings is 1. The van der Waals surface area contributed by atoms with Crippen LogP contribution in [0.3, 0.4) is 0 Å². The highest BCUT2D eigenvalue weighted by Gasteiger charge is 2.23. The largest absolute Gasteiger partial charge is 0.508 e. The average Bonchev–Trinajstić information content (AvgIpc) is 2.93. The standard InChI is InChI=1S/C19H21NO5S/c1-11-16(18(23)25-19(2,3)4)26-17(20-11)13(10-21)8-12-6-7-14(22)9-15(12)24-5/h6-10,22H,1-5H3/b13-8+. The van der Waals surface area contributed by atoms with Crippen molar-refractivity contribution >= 4 is 35.2 Å². The fourth-order valence-corrected chi connectivity index (χ4v) is 3.09. The van der Waals surface area contributed by atoms with E-state index in [1.807, 2.05) is 0 Å². The maximum absolute atomic E-state index is 12.3. The summed E-state index contributed by atoms with van der Waals surface area (Å²) in [5, 5.41) is 9.95. The summed E-state index contributed by atoms with van der Waals surface area (Å²) in [6.07, 6.45) is 2.27. The van der Waals surface area contributed by atoms with Crippen molar-refractivity contribution in [2.75, 3.05) is 7.11 Å². The van der Waals surface area contributed by atoms with E-state index < -0.39 is 11.6 Å². The number of carbonyl (C=O) groups is 2. The van der Waals surface area contributed by atoms with Crippen molar-refractivity contribution in [2.24, 2.45) is 0 Å². The van der Waals surface area contributed by atoms with E-state index in [-0.39, 0.29) is 5.75 Å². The summed E-state index contributed by atoms with van der Waals surface area (Å²) < 4.78 is 10.6. The number of carbonyl (C=O) groups excluding carboxylic acids is 2. The molecule has 1 aromatic carbocycles. The van der Waals surface area contributed by atoms with Crippen molar-refractivity contribution in [2.45, 2.75) is 33.3 Å². The average molecular weight is 375 g/mol. The smallest absolute Gasteiger partial charge is 0.350 e. The Morgan fingerprint density at radius 1 is 1.31 bits per heavy atom. The lowest BCUT2D eigenvalue weighted by molar-refractivity contribution is -0.103. The molecule has 0 aliphatic heterocycles. The lowest BCUT2D eigenvalue weighted by Crippen LogP contribution is -2.23. The number of benzene rings is 1. The van der Waals surface area contributed by atoms with Crippen molar-refractivity contribution < 1.29 is 24.2 Å². The van der Waals surface area contributed by atoms with E-state index in [0.29, 0.717) is 38.8 Å². The van der Waals surface area contributed by atoms with Crippen molar-refractivity contribution in [3.05, 3.63) is 39.3 Å². The number of esters is 1. The van der Waals surface area contributed by atoms with Gasteiger partial charge >= 0.3 is 5.97 Å². The Balaban J connectivity index is 2.42. The van der Waals surface area contributed by atoms with Crippen LogP contribution in [-0.4, -0.2) is 35.1 Å². The van der Waals surface area contributed by atoms with E-state index in [1.54, 1.807) is 39.8 Å². The molecule has 0 amide bonds. The van der Waals surface area contributed by atoms with Crippen LogP contribution in [0.1, 0.15) is 46.7 Å². The van der Waals surface area contributed by atoms with Gasteiger partial charge in [-0.25, -0.2) is 9.78 Å². The first-order valence-electron chi connectivity index (χ1n) is 7.89. The molecule has 0 spiro atoms. The van der Waals surface area contributed by atoms with Crippen molar-refractivity contribution in [1.29, 1.82) is 0 Å². The predicted molar refractivity (Wildman–Crippen MR) is 101 cm³/mol. The lowest BCUT2D eigenvalue weighted by Gasteiger charge is -2.18. The second kappa shape index (κ2) is 7.70. The van der Waals surface area contributed by atoms with Gasteiger partial charge in [-0.3, -0.25) is 4.79 Å². The Hall–Kier alpha value is -2.67. The predicted octanol–water partition coefficient (Wildman–Crippen LogP) is 3.86. The summed E-state index contributed by atoms with van der Waals surface area (Å²) in [7, 11) is 1.47. The summed E-state index contributed by atoms with van der Waals surface area (Å²) in [6, 6.07) is 4.58. The Morgan fingerprint density at radius 2 is 2.00 bits per heavy atom. The second-order valence-corrected chi connectivity index (χ2v) is 7.58. The number of aromatic hydroxyl groups is 1. The third kappa shape index (κ3) is 4.70. The number of phenolic OH excluding ortho intramolecular Hbond substituents is 1. The molecule has 2 aromatic rings. The number of hydrogen-bond donors (Lipinski definition) is 1. The molecule has 0 bridgehead atoms. The Kier molecular flexibility index (Phi) is 5.82. The van der Waals surface area contributed by atoms with Gasteiger partial charge in [-0.1, -0.05) is 0 Å². The molecule has 1 heterocycles. The fourth-order valence-electron chi connectivity index (χ4n) is 2.17. The quantitative estimate of drug-likeness (QED) is 0.485. The second-order valence-electron chi connectivity index (χ2n) is 6.58. The van der Waals surface area contributed by atoms with Crippen LogP contribution in [0.5, 0.6) is 11.5 Å². The van der Waals surface area contributed by atoms with Crippen LogP contribution in [0.2, 0.25) is 0 Å². The normalized spacial score (nSPS) is 12.0. The summed E-state index contributed by atoms with van der Waals surface area (Å²) in [5.74, 6) is 0.0140. The maximum Gasteiger partial charge on any atom is 0.350 e. The topological polar surface area (TPSA) is 85.7 Å². The van der Waals surface area contributed by atoms with Crippen molar-refractivity contribution in [3.8, 4) is 11.5 Å². The number of aldehydes is 1. The maximum atomic E-state index is 12.3. The molecule has 138 valence electrons. The highest BCUT2D eigenvalue weighted by molar-refractivity contribution is 7.15. The molecule has 6 nitrogen and oxygen atoms in total. The molecule has 0 radical (unpaired) electrons. The molecule has 1 aromatic heterocycles. The first-order chi connectivity index (χ1) is 12.1. The molecule has 1 N–H and O–H groups in total. The van der Waals surface area contributed by atoms with Gasteiger partial charge in [0, 0.05) is 11.6 Å². The molecule has 0 aliphatic rings. The monoisotopic (exact) mass is 375 g/mol. The Labute approximate surface area is 156 Å². The molecular weight excluding hydrogens is 354 g/mol. The van der Waals surface area contributed by atoms with Crippen LogP contribution in [-0.2, 0) is 9.53 Å². The molecule has 0 atom stereocenters. The van der Waals surface area contributed by atoms with Crippen molar-refractivity contribution in [3.63, 3.8) is 0 Å². The molecular formula is C19H21NO5S. The molecule has 0 saturated carbocycles. The van der Waals surface area contributed by atoms with Gasteiger partial charge in [0.15, 0.2) is 6.29 Å². The van der Waals surface area contributed by atoms with E-state index in [2.05, 4.69) is 4.98 Å². The number of rotatable bonds is 5. The number of hydrogen-bond acceptors (Lipinski definition) is 7. The molecule has 0 fully saturated rings. The molecule has 0 aliphatic carbocycles. The SMILES string of the molecule is COc1cc(O)ccc1/C=C(\C=O)c1nc(C)c(C(=O)OC(C)(C)C)s1. The summed E-state index contributed by atoms with van der Waals surface area (Å²) in [6.45, 7) is 7.06. The van der Waals surface area contributed by atoms with Gasteiger partial charge < -0.3 is 14.6 Å². The Bertz CT molecular complexity index is 861. The zero-order chi connectivity index (χ0) is 19.5. The number of aromatic nitrogens is 1. The van der Waals surface area contributed by atoms with Crippen LogP contribution >= 0.6 is 11.3 Å². The van der Waals surface area contributed by atoms with Crippen molar-refractivity contribution in [1.82, 2.24) is 4.98 Å². The highest BCUT2D eigenvalue weighted by atomic mass is 32.1. The molecule has 26 heavy (non-hydrogen) atoms. The minimum absolute atomic E-state index is 0.0592. The van der Waals surface area contributed by atoms with E-state index in [9.17, 15) is 14.7 Å². The van der Waals surface area contributed by atoms with Crippen LogP contribution in [0, 0.1) is 6.92 Å². The summed E-state index contributed by atoms with van der Waals surface area (Å²) >= 11 is 1.10. The molecule has 0 unspecified atom stereocenters. The van der Waals surface area contributed by atoms with Gasteiger partial charge in [-0.15, -0.1) is 11.3 Å².